The highest BCUT2D eigenvalue weighted by atomic mass is 13.9. The lowest BCUT2D eigenvalue weighted by Crippen LogP contribution is -2.09. The van der Waals surface area contributed by atoms with Gasteiger partial charge in [-0.15, -0.1) is 0 Å². The first kappa shape index (κ1) is 8.86. The highest BCUT2D eigenvalue weighted by Gasteiger charge is 1.89. The van der Waals surface area contributed by atoms with Crippen LogP contribution in [0.3, 0.4) is 0 Å². The molecule has 0 amide bonds. The number of allylic oxidation sites excluding steroid dienone is 2. The molecule has 1 rings (SSSR count). The van der Waals surface area contributed by atoms with Crippen LogP contribution in [0.2, 0.25) is 6.82 Å². The molecule has 0 fully saturated rings. The first-order valence-corrected chi connectivity index (χ1v) is 4.05. The van der Waals surface area contributed by atoms with E-state index in [9.17, 15) is 0 Å². The van der Waals surface area contributed by atoms with Crippen molar-refractivity contribution in [2.75, 3.05) is 0 Å². The summed E-state index contributed by atoms with van der Waals surface area (Å²) < 4.78 is 0. The molecule has 0 aliphatic carbocycles. The van der Waals surface area contributed by atoms with Crippen molar-refractivity contribution in [1.82, 2.24) is 0 Å². The Bertz CT molecular complexity index is 287. The fourth-order valence-electron chi connectivity index (χ4n) is 1.02. The van der Waals surface area contributed by atoms with E-state index >= 15 is 0 Å². The maximum atomic E-state index is 3.62. The first-order chi connectivity index (χ1) is 5.86. The summed E-state index contributed by atoms with van der Waals surface area (Å²) in [5, 5.41) is 0. The molecule has 1 radical (unpaired) electrons. The second-order valence-corrected chi connectivity index (χ2v) is 2.55. The summed E-state index contributed by atoms with van der Waals surface area (Å²) >= 11 is 0. The summed E-state index contributed by atoms with van der Waals surface area (Å²) in [6.07, 6.45) is 5.76. The lowest BCUT2D eigenvalue weighted by Gasteiger charge is -1.96. The monoisotopic (exact) mass is 155 g/mol. The highest BCUT2D eigenvalue weighted by molar-refractivity contribution is 6.51. The van der Waals surface area contributed by atoms with Crippen LogP contribution < -0.4 is 5.46 Å². The molecular weight excluding hydrogens is 143 g/mol. The molecule has 0 saturated carbocycles. The van der Waals surface area contributed by atoms with Crippen molar-refractivity contribution in [1.29, 1.82) is 0 Å². The number of hydrogen-bond acceptors (Lipinski definition) is 0. The second kappa shape index (κ2) is 4.60. The molecule has 0 heterocycles. The van der Waals surface area contributed by atoms with E-state index in [0.29, 0.717) is 0 Å². The molecule has 1 aromatic carbocycles. The molecule has 1 heteroatoms. The van der Waals surface area contributed by atoms with E-state index in [-0.39, 0.29) is 0 Å². The maximum Gasteiger partial charge on any atom is 0.148 e. The molecule has 12 heavy (non-hydrogen) atoms. The average Bonchev–Trinajstić information content (AvgIpc) is 2.15. The summed E-state index contributed by atoms with van der Waals surface area (Å²) in [5.74, 6) is 0. The van der Waals surface area contributed by atoms with E-state index in [0.717, 1.165) is 0 Å². The minimum absolute atomic E-state index is 1.21. The predicted molar refractivity (Wildman–Crippen MR) is 56.9 cm³/mol. The zero-order valence-electron chi connectivity index (χ0n) is 7.33. The molecule has 0 nitrogen and oxygen atoms in total. The third-order valence-electron chi connectivity index (χ3n) is 1.67. The molecule has 0 aliphatic rings. The smallest absolute Gasteiger partial charge is 0.0991 e. The predicted octanol–water partition coefficient (Wildman–Crippen LogP) is 2.26. The van der Waals surface area contributed by atoms with Crippen LogP contribution in [0.4, 0.5) is 0 Å². The van der Waals surface area contributed by atoms with Crippen LogP contribution in [0.1, 0.15) is 5.56 Å². The molecular formula is C11H12B. The fourth-order valence-corrected chi connectivity index (χ4v) is 1.02. The van der Waals surface area contributed by atoms with E-state index in [4.69, 9.17) is 0 Å². The van der Waals surface area contributed by atoms with E-state index in [1.807, 2.05) is 19.0 Å². The first-order valence-electron chi connectivity index (χ1n) is 4.05. The normalized spacial score (nSPS) is 10.1. The topological polar surface area (TPSA) is 0 Å². The average molecular weight is 155 g/mol. The van der Waals surface area contributed by atoms with Gasteiger partial charge in [0, 0.05) is 0 Å². The van der Waals surface area contributed by atoms with Gasteiger partial charge in [-0.2, -0.15) is 0 Å². The van der Waals surface area contributed by atoms with Crippen molar-refractivity contribution in [3.8, 4) is 0 Å². The molecule has 0 unspecified atom stereocenters. The van der Waals surface area contributed by atoms with Crippen LogP contribution in [-0.2, 0) is 0 Å². The van der Waals surface area contributed by atoms with E-state index in [1.165, 1.54) is 11.0 Å². The van der Waals surface area contributed by atoms with Crippen molar-refractivity contribution < 1.29 is 0 Å². The van der Waals surface area contributed by atoms with Gasteiger partial charge in [0.25, 0.3) is 0 Å². The zero-order valence-corrected chi connectivity index (χ0v) is 7.33. The maximum absolute atomic E-state index is 3.62. The van der Waals surface area contributed by atoms with Gasteiger partial charge in [-0.05, 0) is 5.56 Å². The van der Waals surface area contributed by atoms with Gasteiger partial charge in [0.05, 0.1) is 0 Å². The molecule has 0 saturated heterocycles. The Kier molecular flexibility index (Phi) is 3.40. The van der Waals surface area contributed by atoms with Crippen molar-refractivity contribution in [3.05, 3.63) is 48.6 Å². The van der Waals surface area contributed by atoms with Gasteiger partial charge in [0.15, 0.2) is 0 Å². The van der Waals surface area contributed by atoms with Crippen LogP contribution >= 0.6 is 0 Å². The van der Waals surface area contributed by atoms with Gasteiger partial charge >= 0.3 is 0 Å². The number of rotatable bonds is 3. The molecule has 59 valence electrons. The van der Waals surface area contributed by atoms with Crippen molar-refractivity contribution >= 4 is 18.8 Å². The highest BCUT2D eigenvalue weighted by Crippen LogP contribution is 1.99. The van der Waals surface area contributed by atoms with Gasteiger partial charge < -0.3 is 0 Å². The van der Waals surface area contributed by atoms with Gasteiger partial charge in [-0.3, -0.25) is 0 Å². The number of benzene rings is 1. The molecule has 0 atom stereocenters. The molecule has 0 N–H and O–H groups in total. The fraction of sp³-hybridized carbons (Fsp3) is 0.0909. The summed E-state index contributed by atoms with van der Waals surface area (Å²) in [5.41, 5.74) is 2.46. The Balaban J connectivity index is 2.86. The van der Waals surface area contributed by atoms with E-state index in [1.54, 1.807) is 6.08 Å². The van der Waals surface area contributed by atoms with E-state index < -0.39 is 0 Å². The lowest BCUT2D eigenvalue weighted by molar-refractivity contribution is 1.70. The Labute approximate surface area is 74.9 Å². The Morgan fingerprint density at radius 1 is 1.42 bits per heavy atom. The van der Waals surface area contributed by atoms with E-state index in [2.05, 4.69) is 38.1 Å². The second-order valence-electron chi connectivity index (χ2n) is 2.55. The molecule has 0 aliphatic heterocycles. The Hall–Kier alpha value is -1.24. The standard InChI is InChI=1S/C11H12B/c1-3-4-6-10-7-5-8-11(9-10)12-2/h3-9H,1H2,2H3. The summed E-state index contributed by atoms with van der Waals surface area (Å²) in [6.45, 7) is 5.66. The van der Waals surface area contributed by atoms with Crippen molar-refractivity contribution in [2.45, 2.75) is 6.82 Å². The quantitative estimate of drug-likeness (QED) is 0.463. The van der Waals surface area contributed by atoms with Crippen LogP contribution in [0.15, 0.2) is 43.0 Å². The van der Waals surface area contributed by atoms with Gasteiger partial charge in [0.1, 0.15) is 7.28 Å². The van der Waals surface area contributed by atoms with Gasteiger partial charge in [0.2, 0.25) is 0 Å². The van der Waals surface area contributed by atoms with Crippen LogP contribution in [0.5, 0.6) is 0 Å². The number of hydrogen-bond donors (Lipinski definition) is 0. The third-order valence-corrected chi connectivity index (χ3v) is 1.67. The lowest BCUT2D eigenvalue weighted by atomic mass is 9.73. The SMILES string of the molecule is C=CC=Cc1cccc([B]C)c1. The molecule has 0 aromatic heterocycles. The third kappa shape index (κ3) is 2.42. The van der Waals surface area contributed by atoms with Crippen molar-refractivity contribution in [3.63, 3.8) is 0 Å². The summed E-state index contributed by atoms with van der Waals surface area (Å²) in [4.78, 5) is 0. The Morgan fingerprint density at radius 2 is 2.25 bits per heavy atom. The van der Waals surface area contributed by atoms with Crippen molar-refractivity contribution in [2.24, 2.45) is 0 Å². The molecule has 0 bridgehead atoms. The largest absolute Gasteiger partial charge is 0.148 e. The zero-order chi connectivity index (χ0) is 8.81. The van der Waals surface area contributed by atoms with Gasteiger partial charge in [-0.25, -0.2) is 0 Å². The Morgan fingerprint density at radius 3 is 2.92 bits per heavy atom. The van der Waals surface area contributed by atoms with Gasteiger partial charge in [-0.1, -0.05) is 61.4 Å². The van der Waals surface area contributed by atoms with Crippen LogP contribution in [0.25, 0.3) is 6.08 Å². The minimum atomic E-state index is 1.21. The summed E-state index contributed by atoms with van der Waals surface area (Å²) in [7, 11) is 2.09. The molecule has 0 spiro atoms. The van der Waals surface area contributed by atoms with Crippen LogP contribution in [0, 0.1) is 0 Å². The molecule has 1 aromatic rings. The van der Waals surface area contributed by atoms with Crippen LogP contribution in [-0.4, -0.2) is 7.28 Å². The summed E-state index contributed by atoms with van der Waals surface area (Å²) in [6, 6.07) is 8.36. The minimum Gasteiger partial charge on any atom is -0.0991 e.